The molecule has 2 aromatic rings. The summed E-state index contributed by atoms with van der Waals surface area (Å²) in [6.45, 7) is 3.72. The lowest BCUT2D eigenvalue weighted by atomic mass is 10.1. The summed E-state index contributed by atoms with van der Waals surface area (Å²) in [5.74, 6) is -0.654. The number of ether oxygens (including phenoxy) is 1. The van der Waals surface area contributed by atoms with Gasteiger partial charge in [-0.25, -0.2) is 9.78 Å². The number of nitrogens with zero attached hydrogens (tertiary/aromatic N) is 1. The minimum absolute atomic E-state index is 0.104. The van der Waals surface area contributed by atoms with E-state index >= 15 is 0 Å². The molecule has 0 radical (unpaired) electrons. The summed E-state index contributed by atoms with van der Waals surface area (Å²) in [6, 6.07) is 5.20. The molecular formula is C18H22N4O4. The molecule has 0 atom stereocenters. The monoisotopic (exact) mass is 358 g/mol. The van der Waals surface area contributed by atoms with Gasteiger partial charge in [-0.2, -0.15) is 0 Å². The van der Waals surface area contributed by atoms with E-state index < -0.39 is 5.97 Å². The third-order valence-corrected chi connectivity index (χ3v) is 3.87. The van der Waals surface area contributed by atoms with Crippen molar-refractivity contribution in [1.29, 1.82) is 0 Å². The smallest absolute Gasteiger partial charge is 0.339 e. The minimum Gasteiger partial charge on any atom is -0.465 e. The molecule has 0 saturated carbocycles. The first-order valence-electron chi connectivity index (χ1n) is 8.26. The Labute approximate surface area is 151 Å². The number of carbonyl (C=O) groups is 3. The van der Waals surface area contributed by atoms with Crippen LogP contribution in [0.1, 0.15) is 45.4 Å². The largest absolute Gasteiger partial charge is 0.465 e. The predicted octanol–water partition coefficient (Wildman–Crippen LogP) is 1.83. The first-order valence-corrected chi connectivity index (χ1v) is 8.26. The number of anilines is 1. The number of esters is 1. The average molecular weight is 358 g/mol. The van der Waals surface area contributed by atoms with E-state index in [0.29, 0.717) is 34.8 Å². The van der Waals surface area contributed by atoms with Crippen molar-refractivity contribution in [2.24, 2.45) is 0 Å². The second-order valence-corrected chi connectivity index (χ2v) is 5.59. The Morgan fingerprint density at radius 2 is 2.04 bits per heavy atom. The number of carbonyl (C=O) groups excluding carboxylic acids is 3. The van der Waals surface area contributed by atoms with Gasteiger partial charge in [-0.3, -0.25) is 9.59 Å². The number of amides is 2. The molecule has 0 unspecified atom stereocenters. The molecule has 2 heterocycles. The van der Waals surface area contributed by atoms with E-state index in [1.807, 2.05) is 6.92 Å². The van der Waals surface area contributed by atoms with Gasteiger partial charge in [-0.15, -0.1) is 0 Å². The Morgan fingerprint density at radius 1 is 1.27 bits per heavy atom. The van der Waals surface area contributed by atoms with Crippen LogP contribution in [0.5, 0.6) is 0 Å². The van der Waals surface area contributed by atoms with Gasteiger partial charge in [0, 0.05) is 24.9 Å². The first kappa shape index (κ1) is 19.2. The molecule has 0 bridgehead atoms. The van der Waals surface area contributed by atoms with Gasteiger partial charge < -0.3 is 20.4 Å². The highest BCUT2D eigenvalue weighted by Crippen LogP contribution is 2.20. The minimum atomic E-state index is -0.482. The van der Waals surface area contributed by atoms with Crippen LogP contribution in [0, 0.1) is 6.92 Å². The summed E-state index contributed by atoms with van der Waals surface area (Å²) in [7, 11) is 1.30. The Hall–Kier alpha value is -3.16. The second kappa shape index (κ2) is 8.80. The maximum Gasteiger partial charge on any atom is 0.339 e. The fraction of sp³-hybridized carbons (Fsp3) is 0.333. The number of methoxy groups -OCH3 is 1. The molecule has 8 nitrogen and oxygen atoms in total. The van der Waals surface area contributed by atoms with Crippen LogP contribution in [0.25, 0.3) is 0 Å². The summed E-state index contributed by atoms with van der Waals surface area (Å²) in [6.07, 6.45) is 2.24. The summed E-state index contributed by atoms with van der Waals surface area (Å²) in [4.78, 5) is 43.1. The summed E-state index contributed by atoms with van der Waals surface area (Å²) in [5.41, 5.74) is 1.86. The number of H-pyrrole nitrogens is 1. The summed E-state index contributed by atoms with van der Waals surface area (Å²) in [5, 5.41) is 5.32. The summed E-state index contributed by atoms with van der Waals surface area (Å²) < 4.78 is 4.77. The highest BCUT2D eigenvalue weighted by Gasteiger charge is 2.23. The van der Waals surface area contributed by atoms with E-state index in [0.717, 1.165) is 0 Å². The molecule has 0 aromatic carbocycles. The van der Waals surface area contributed by atoms with Crippen molar-refractivity contribution in [1.82, 2.24) is 15.3 Å². The lowest BCUT2D eigenvalue weighted by Crippen LogP contribution is -2.28. The first-order chi connectivity index (χ1) is 12.5. The lowest BCUT2D eigenvalue weighted by molar-refractivity contribution is -0.116. The quantitative estimate of drug-likeness (QED) is 0.654. The molecule has 3 N–H and O–H groups in total. The van der Waals surface area contributed by atoms with Gasteiger partial charge in [0.25, 0.3) is 5.91 Å². The van der Waals surface area contributed by atoms with Gasteiger partial charge >= 0.3 is 5.97 Å². The number of aromatic amines is 1. The van der Waals surface area contributed by atoms with Gasteiger partial charge in [-0.1, -0.05) is 13.0 Å². The van der Waals surface area contributed by atoms with Gasteiger partial charge in [0.2, 0.25) is 5.91 Å². The Bertz CT molecular complexity index is 799. The van der Waals surface area contributed by atoms with Gasteiger partial charge in [0.05, 0.1) is 12.7 Å². The highest BCUT2D eigenvalue weighted by molar-refractivity contribution is 6.00. The van der Waals surface area contributed by atoms with Crippen molar-refractivity contribution in [3.63, 3.8) is 0 Å². The fourth-order valence-corrected chi connectivity index (χ4v) is 2.55. The highest BCUT2D eigenvalue weighted by atomic mass is 16.5. The SMILES string of the molecule is CCc1[nH]c(C(=O)NCCC(=O)Nc2ccccn2)c(C)c1C(=O)OC. The Kier molecular flexibility index (Phi) is 6.48. The van der Waals surface area contributed by atoms with Gasteiger partial charge in [0.15, 0.2) is 0 Å². The average Bonchev–Trinajstić information content (AvgIpc) is 2.98. The Morgan fingerprint density at radius 3 is 2.65 bits per heavy atom. The molecule has 138 valence electrons. The van der Waals surface area contributed by atoms with Crippen LogP contribution in [-0.2, 0) is 16.0 Å². The van der Waals surface area contributed by atoms with Crippen molar-refractivity contribution >= 4 is 23.6 Å². The van der Waals surface area contributed by atoms with Crippen LogP contribution >= 0.6 is 0 Å². The molecule has 2 aromatic heterocycles. The van der Waals surface area contributed by atoms with E-state index in [-0.39, 0.29) is 24.8 Å². The number of nitrogens with one attached hydrogen (secondary N) is 3. The third kappa shape index (κ3) is 4.47. The summed E-state index contributed by atoms with van der Waals surface area (Å²) >= 11 is 0. The van der Waals surface area contributed by atoms with Crippen LogP contribution in [0.3, 0.4) is 0 Å². The van der Waals surface area contributed by atoms with E-state index in [1.54, 1.807) is 31.3 Å². The molecule has 0 fully saturated rings. The van der Waals surface area contributed by atoms with Crippen LogP contribution in [0.2, 0.25) is 0 Å². The van der Waals surface area contributed by atoms with Crippen molar-refractivity contribution in [3.05, 3.63) is 46.9 Å². The van der Waals surface area contributed by atoms with E-state index in [1.165, 1.54) is 7.11 Å². The maximum atomic E-state index is 12.4. The topological polar surface area (TPSA) is 113 Å². The molecular weight excluding hydrogens is 336 g/mol. The molecule has 2 rings (SSSR count). The zero-order valence-electron chi connectivity index (χ0n) is 15.0. The second-order valence-electron chi connectivity index (χ2n) is 5.59. The number of aryl methyl sites for hydroxylation is 1. The lowest BCUT2D eigenvalue weighted by Gasteiger charge is -2.06. The molecule has 2 amide bonds. The van der Waals surface area contributed by atoms with Crippen molar-refractivity contribution in [2.75, 3.05) is 19.0 Å². The molecule has 0 aliphatic heterocycles. The molecule has 8 heteroatoms. The fourth-order valence-electron chi connectivity index (χ4n) is 2.55. The van der Waals surface area contributed by atoms with Crippen LogP contribution < -0.4 is 10.6 Å². The predicted molar refractivity (Wildman–Crippen MR) is 96.1 cm³/mol. The molecule has 0 aliphatic rings. The zero-order valence-corrected chi connectivity index (χ0v) is 15.0. The van der Waals surface area contributed by atoms with Crippen LogP contribution in [0.4, 0.5) is 5.82 Å². The maximum absolute atomic E-state index is 12.4. The van der Waals surface area contributed by atoms with E-state index in [4.69, 9.17) is 4.74 Å². The molecule has 0 spiro atoms. The van der Waals surface area contributed by atoms with E-state index in [2.05, 4.69) is 20.6 Å². The number of rotatable bonds is 7. The van der Waals surface area contributed by atoms with Crippen molar-refractivity contribution < 1.29 is 19.1 Å². The number of hydrogen-bond acceptors (Lipinski definition) is 5. The van der Waals surface area contributed by atoms with Crippen molar-refractivity contribution in [3.8, 4) is 0 Å². The number of aromatic nitrogens is 2. The van der Waals surface area contributed by atoms with Crippen LogP contribution in [0.15, 0.2) is 24.4 Å². The molecule has 0 aliphatic carbocycles. The van der Waals surface area contributed by atoms with E-state index in [9.17, 15) is 14.4 Å². The molecule has 26 heavy (non-hydrogen) atoms. The third-order valence-electron chi connectivity index (χ3n) is 3.87. The Balaban J connectivity index is 1.95. The van der Waals surface area contributed by atoms with Gasteiger partial charge in [0.1, 0.15) is 11.5 Å². The molecule has 0 saturated heterocycles. The van der Waals surface area contributed by atoms with Crippen molar-refractivity contribution in [2.45, 2.75) is 26.7 Å². The zero-order chi connectivity index (χ0) is 19.1. The normalized spacial score (nSPS) is 10.3. The number of pyridine rings is 1. The standard InChI is InChI=1S/C18H22N4O4/c1-4-12-15(18(25)26-3)11(2)16(21-12)17(24)20-10-8-14(23)22-13-7-5-6-9-19-13/h5-7,9,21H,4,8,10H2,1-3H3,(H,20,24)(H,19,22,23). The van der Waals surface area contributed by atoms with Crippen LogP contribution in [-0.4, -0.2) is 41.4 Å². The number of hydrogen-bond donors (Lipinski definition) is 3. The van der Waals surface area contributed by atoms with Gasteiger partial charge in [-0.05, 0) is 31.0 Å².